The zero-order chi connectivity index (χ0) is 12.5. The second kappa shape index (κ2) is 8.06. The Morgan fingerprint density at radius 3 is 2.00 bits per heavy atom. The van der Waals surface area contributed by atoms with Gasteiger partial charge in [0, 0.05) is 4.47 Å². The lowest BCUT2D eigenvalue weighted by Gasteiger charge is -2.03. The van der Waals surface area contributed by atoms with E-state index in [1.807, 2.05) is 12.1 Å². The smallest absolute Gasteiger partial charge is 0.430 e. The molecule has 88 valence electrons. The molecule has 2 N–H and O–H groups in total. The maximum Gasteiger partial charge on any atom is 0.432 e. The van der Waals surface area contributed by atoms with Crippen LogP contribution in [0.15, 0.2) is 59.1 Å². The molecule has 0 spiro atoms. The van der Waals surface area contributed by atoms with Gasteiger partial charge in [0.05, 0.1) is 0 Å². The topological polar surface area (TPSA) is 40.5 Å². The molecule has 17 heavy (non-hydrogen) atoms. The quantitative estimate of drug-likeness (QED) is 0.834. The van der Waals surface area contributed by atoms with Gasteiger partial charge in [0.15, 0.2) is 0 Å². The molecule has 2 nitrogen and oxygen atoms in total. The standard InChI is InChI=1S/C13H11Br.BH3O2/c14-13-9-5-4-8-12(13)10-11-6-2-1-3-7-11;2-1-3/h1-9H,10H2;1-3H. The summed E-state index contributed by atoms with van der Waals surface area (Å²) >= 11 is 3.55. The SMILES string of the molecule is Brc1ccccc1Cc1ccccc1.OBO. The van der Waals surface area contributed by atoms with Crippen molar-refractivity contribution in [2.75, 3.05) is 0 Å². The van der Waals surface area contributed by atoms with E-state index in [0.29, 0.717) is 0 Å². The van der Waals surface area contributed by atoms with Crippen LogP contribution in [0.4, 0.5) is 0 Å². The Hall–Kier alpha value is -1.10. The van der Waals surface area contributed by atoms with Crippen LogP contribution >= 0.6 is 15.9 Å². The number of halogens is 1. The summed E-state index contributed by atoms with van der Waals surface area (Å²) in [7, 11) is -0.750. The van der Waals surface area contributed by atoms with Gasteiger partial charge in [0.2, 0.25) is 0 Å². The highest BCUT2D eigenvalue weighted by Crippen LogP contribution is 2.19. The van der Waals surface area contributed by atoms with Crippen molar-refractivity contribution in [2.24, 2.45) is 0 Å². The molecule has 0 amide bonds. The number of hydrogen-bond donors (Lipinski definition) is 2. The summed E-state index contributed by atoms with van der Waals surface area (Å²) in [4.78, 5) is 0. The number of hydrogen-bond acceptors (Lipinski definition) is 2. The van der Waals surface area contributed by atoms with Gasteiger partial charge >= 0.3 is 7.69 Å². The van der Waals surface area contributed by atoms with Crippen LogP contribution in [0.25, 0.3) is 0 Å². The van der Waals surface area contributed by atoms with Crippen LogP contribution in [0.5, 0.6) is 0 Å². The third-order valence-electron chi connectivity index (χ3n) is 2.20. The molecule has 2 rings (SSSR count). The minimum absolute atomic E-state index is 0.750. The van der Waals surface area contributed by atoms with Crippen molar-refractivity contribution in [3.05, 3.63) is 70.2 Å². The van der Waals surface area contributed by atoms with Gasteiger partial charge in [-0.2, -0.15) is 0 Å². The molecule has 0 bridgehead atoms. The maximum atomic E-state index is 7.12. The molecule has 2 aromatic carbocycles. The molecule has 0 aliphatic rings. The molecule has 0 aliphatic carbocycles. The Balaban J connectivity index is 0.000000437. The van der Waals surface area contributed by atoms with Gasteiger partial charge in [0.25, 0.3) is 0 Å². The fraction of sp³-hybridized carbons (Fsp3) is 0.0769. The van der Waals surface area contributed by atoms with Crippen LogP contribution < -0.4 is 0 Å². The van der Waals surface area contributed by atoms with Crippen molar-refractivity contribution in [1.29, 1.82) is 0 Å². The average molecular weight is 293 g/mol. The fourth-order valence-electron chi connectivity index (χ4n) is 1.46. The minimum atomic E-state index is -0.750. The van der Waals surface area contributed by atoms with E-state index in [1.165, 1.54) is 15.6 Å². The summed E-state index contributed by atoms with van der Waals surface area (Å²) in [6, 6.07) is 18.8. The zero-order valence-electron chi connectivity index (χ0n) is 9.38. The molecule has 0 radical (unpaired) electrons. The Bertz CT molecular complexity index is 434. The maximum absolute atomic E-state index is 7.12. The van der Waals surface area contributed by atoms with E-state index in [2.05, 4.69) is 58.4 Å². The predicted octanol–water partition coefficient (Wildman–Crippen LogP) is 2.28. The lowest BCUT2D eigenvalue weighted by Crippen LogP contribution is -1.88. The number of benzene rings is 2. The van der Waals surface area contributed by atoms with Crippen LogP contribution in [0.1, 0.15) is 11.1 Å². The van der Waals surface area contributed by atoms with Crippen molar-refractivity contribution in [2.45, 2.75) is 6.42 Å². The molecule has 0 atom stereocenters. The molecule has 0 heterocycles. The molecule has 4 heteroatoms. The first-order chi connectivity index (χ1) is 8.27. The fourth-order valence-corrected chi connectivity index (χ4v) is 1.88. The largest absolute Gasteiger partial charge is 0.432 e. The van der Waals surface area contributed by atoms with Gasteiger partial charge in [0.1, 0.15) is 0 Å². The molecular formula is C13H14BBrO2. The molecule has 2 aromatic rings. The van der Waals surface area contributed by atoms with Crippen molar-refractivity contribution < 1.29 is 10.0 Å². The Morgan fingerprint density at radius 1 is 0.882 bits per heavy atom. The van der Waals surface area contributed by atoms with E-state index in [9.17, 15) is 0 Å². The molecular weight excluding hydrogens is 279 g/mol. The van der Waals surface area contributed by atoms with Crippen LogP contribution in [0, 0.1) is 0 Å². The Kier molecular flexibility index (Phi) is 6.63. The summed E-state index contributed by atoms with van der Waals surface area (Å²) in [5.74, 6) is 0. The zero-order valence-corrected chi connectivity index (χ0v) is 11.0. The van der Waals surface area contributed by atoms with Crippen molar-refractivity contribution >= 4 is 23.6 Å². The van der Waals surface area contributed by atoms with Crippen LogP contribution in [0.2, 0.25) is 0 Å². The van der Waals surface area contributed by atoms with E-state index in [4.69, 9.17) is 10.0 Å². The van der Waals surface area contributed by atoms with Crippen LogP contribution in [-0.2, 0) is 6.42 Å². The highest BCUT2D eigenvalue weighted by molar-refractivity contribution is 9.10. The molecule has 0 fully saturated rings. The van der Waals surface area contributed by atoms with Gasteiger partial charge in [-0.1, -0.05) is 64.5 Å². The Labute approximate surface area is 110 Å². The van der Waals surface area contributed by atoms with Gasteiger partial charge < -0.3 is 10.0 Å². The van der Waals surface area contributed by atoms with Crippen molar-refractivity contribution in [3.8, 4) is 0 Å². The first-order valence-electron chi connectivity index (χ1n) is 5.27. The van der Waals surface area contributed by atoms with Gasteiger partial charge in [-0.15, -0.1) is 0 Å². The first-order valence-corrected chi connectivity index (χ1v) is 6.06. The Morgan fingerprint density at radius 2 is 1.41 bits per heavy atom. The summed E-state index contributed by atoms with van der Waals surface area (Å²) in [5.41, 5.74) is 2.68. The summed E-state index contributed by atoms with van der Waals surface area (Å²) in [5, 5.41) is 14.2. The first kappa shape index (κ1) is 14.0. The molecule has 0 saturated heterocycles. The third-order valence-corrected chi connectivity index (χ3v) is 2.97. The normalized spacial score (nSPS) is 9.12. The monoisotopic (exact) mass is 292 g/mol. The van der Waals surface area contributed by atoms with Gasteiger partial charge in [-0.05, 0) is 23.6 Å². The van der Waals surface area contributed by atoms with Gasteiger partial charge in [-0.25, -0.2) is 0 Å². The number of rotatable bonds is 2. The van der Waals surface area contributed by atoms with E-state index >= 15 is 0 Å². The minimum Gasteiger partial charge on any atom is -0.430 e. The van der Waals surface area contributed by atoms with Crippen LogP contribution in [0.3, 0.4) is 0 Å². The highest BCUT2D eigenvalue weighted by Gasteiger charge is 1.98. The van der Waals surface area contributed by atoms with Gasteiger partial charge in [-0.3, -0.25) is 0 Å². The third kappa shape index (κ3) is 5.17. The van der Waals surface area contributed by atoms with Crippen LogP contribution in [-0.4, -0.2) is 17.7 Å². The summed E-state index contributed by atoms with van der Waals surface area (Å²) in [6.45, 7) is 0. The summed E-state index contributed by atoms with van der Waals surface area (Å²) in [6.07, 6.45) is 0.988. The molecule has 0 aromatic heterocycles. The average Bonchev–Trinajstić information content (AvgIpc) is 2.35. The van der Waals surface area contributed by atoms with E-state index < -0.39 is 7.69 Å². The van der Waals surface area contributed by atoms with E-state index in [0.717, 1.165) is 6.42 Å². The van der Waals surface area contributed by atoms with E-state index in [1.54, 1.807) is 0 Å². The molecule has 0 aliphatic heterocycles. The molecule has 0 unspecified atom stereocenters. The lowest BCUT2D eigenvalue weighted by atomic mass is 10.1. The highest BCUT2D eigenvalue weighted by atomic mass is 79.9. The lowest BCUT2D eigenvalue weighted by molar-refractivity contribution is 0.448. The second-order valence-corrected chi connectivity index (χ2v) is 4.25. The predicted molar refractivity (Wildman–Crippen MR) is 75.0 cm³/mol. The summed E-state index contributed by atoms with van der Waals surface area (Å²) < 4.78 is 1.18. The second-order valence-electron chi connectivity index (χ2n) is 3.40. The van der Waals surface area contributed by atoms with Crippen molar-refractivity contribution in [1.82, 2.24) is 0 Å². The van der Waals surface area contributed by atoms with Crippen molar-refractivity contribution in [3.63, 3.8) is 0 Å². The van der Waals surface area contributed by atoms with E-state index in [-0.39, 0.29) is 0 Å². The molecule has 0 saturated carbocycles.